The summed E-state index contributed by atoms with van der Waals surface area (Å²) in [6.45, 7) is 2.80. The molecule has 1 aromatic heterocycles. The van der Waals surface area contributed by atoms with Crippen LogP contribution < -0.4 is 5.73 Å². The Kier molecular flexibility index (Phi) is 4.39. The Morgan fingerprint density at radius 3 is 2.67 bits per heavy atom. The van der Waals surface area contributed by atoms with E-state index in [9.17, 15) is 0 Å². The number of imidazole rings is 1. The zero-order valence-electron chi connectivity index (χ0n) is 10.5. The van der Waals surface area contributed by atoms with Crippen molar-refractivity contribution in [1.82, 2.24) is 9.55 Å². The minimum absolute atomic E-state index is 0.308. The molecule has 2 aromatic rings. The molecule has 0 amide bonds. The van der Waals surface area contributed by atoms with Crippen molar-refractivity contribution in [3.63, 3.8) is 0 Å². The first-order valence-electron chi connectivity index (χ1n) is 6.24. The number of rotatable bonds is 5. The van der Waals surface area contributed by atoms with E-state index in [1.54, 1.807) is 0 Å². The highest BCUT2D eigenvalue weighted by Crippen LogP contribution is 2.25. The van der Waals surface area contributed by atoms with Gasteiger partial charge in [-0.2, -0.15) is 0 Å². The van der Waals surface area contributed by atoms with Crippen LogP contribution in [0.5, 0.6) is 0 Å². The molecule has 1 heterocycles. The molecular formula is C14H18ClN3. The van der Waals surface area contributed by atoms with Gasteiger partial charge < -0.3 is 10.3 Å². The molecule has 0 saturated heterocycles. The molecule has 1 unspecified atom stereocenters. The molecule has 2 rings (SSSR count). The molecule has 96 valence electrons. The smallest absolute Gasteiger partial charge is 0.0954 e. The molecule has 1 aromatic carbocycles. The molecule has 1 atom stereocenters. The summed E-state index contributed by atoms with van der Waals surface area (Å²) in [6.07, 6.45) is 5.91. The number of halogens is 1. The fraction of sp³-hybridized carbons (Fsp3) is 0.357. The van der Waals surface area contributed by atoms with Crippen LogP contribution in [0.15, 0.2) is 36.8 Å². The third kappa shape index (κ3) is 2.74. The summed E-state index contributed by atoms with van der Waals surface area (Å²) in [5.74, 6) is 0. The zero-order chi connectivity index (χ0) is 13.0. The number of hydrogen-bond acceptors (Lipinski definition) is 2. The number of hydrogen-bond donors (Lipinski definition) is 1. The van der Waals surface area contributed by atoms with Gasteiger partial charge in [0.15, 0.2) is 0 Å². The molecule has 0 aliphatic heterocycles. The summed E-state index contributed by atoms with van der Waals surface area (Å²) in [4.78, 5) is 4.25. The Morgan fingerprint density at radius 1 is 1.33 bits per heavy atom. The number of nitrogens with zero attached hydrogens (tertiary/aromatic N) is 2. The summed E-state index contributed by atoms with van der Waals surface area (Å²) in [7, 11) is 0. The number of nitrogens with two attached hydrogens (primary N) is 1. The lowest BCUT2D eigenvalue weighted by molar-refractivity contribution is 0.473. The van der Waals surface area contributed by atoms with E-state index < -0.39 is 0 Å². The normalized spacial score (nSPS) is 12.6. The third-order valence-corrected chi connectivity index (χ3v) is 3.35. The van der Waals surface area contributed by atoms with E-state index in [0.29, 0.717) is 12.6 Å². The van der Waals surface area contributed by atoms with Crippen LogP contribution in [0.25, 0.3) is 11.3 Å². The van der Waals surface area contributed by atoms with E-state index in [-0.39, 0.29) is 0 Å². The van der Waals surface area contributed by atoms with Gasteiger partial charge in [-0.05, 0) is 24.1 Å². The molecule has 0 radical (unpaired) electrons. The van der Waals surface area contributed by atoms with Gasteiger partial charge in [-0.1, -0.05) is 37.1 Å². The average molecular weight is 264 g/mol. The van der Waals surface area contributed by atoms with Gasteiger partial charge in [-0.25, -0.2) is 4.98 Å². The summed E-state index contributed by atoms with van der Waals surface area (Å²) in [5, 5.41) is 0.744. The highest BCUT2D eigenvalue weighted by atomic mass is 35.5. The highest BCUT2D eigenvalue weighted by Gasteiger charge is 2.13. The molecule has 0 fully saturated rings. The van der Waals surface area contributed by atoms with Crippen molar-refractivity contribution in [3.05, 3.63) is 41.8 Å². The molecular weight excluding hydrogens is 246 g/mol. The molecule has 0 bridgehead atoms. The molecule has 0 spiro atoms. The van der Waals surface area contributed by atoms with E-state index in [1.807, 2.05) is 36.8 Å². The van der Waals surface area contributed by atoms with Crippen molar-refractivity contribution >= 4 is 11.6 Å². The van der Waals surface area contributed by atoms with Crippen molar-refractivity contribution in [2.45, 2.75) is 25.8 Å². The van der Waals surface area contributed by atoms with Crippen molar-refractivity contribution < 1.29 is 0 Å². The largest absolute Gasteiger partial charge is 0.328 e. The predicted octanol–water partition coefficient (Wildman–Crippen LogP) is 3.50. The quantitative estimate of drug-likeness (QED) is 0.897. The Balaban J connectivity index is 2.34. The minimum atomic E-state index is 0.308. The SMILES string of the molecule is CCCC(CN)n1cncc1-c1ccc(Cl)cc1. The van der Waals surface area contributed by atoms with Crippen LogP contribution in [0, 0.1) is 0 Å². The van der Waals surface area contributed by atoms with E-state index in [4.69, 9.17) is 17.3 Å². The maximum atomic E-state index is 5.91. The van der Waals surface area contributed by atoms with Crippen LogP contribution >= 0.6 is 11.6 Å². The monoisotopic (exact) mass is 263 g/mol. The van der Waals surface area contributed by atoms with Crippen LogP contribution in [-0.2, 0) is 0 Å². The van der Waals surface area contributed by atoms with Crippen LogP contribution in [-0.4, -0.2) is 16.1 Å². The lowest BCUT2D eigenvalue weighted by atomic mass is 10.1. The molecule has 3 nitrogen and oxygen atoms in total. The standard InChI is InChI=1S/C14H18ClN3/c1-2-3-13(8-16)18-10-17-9-14(18)11-4-6-12(15)7-5-11/h4-7,9-10,13H,2-3,8,16H2,1H3. The first kappa shape index (κ1) is 13.1. The zero-order valence-corrected chi connectivity index (χ0v) is 11.3. The number of aromatic nitrogens is 2. The van der Waals surface area contributed by atoms with Gasteiger partial charge in [-0.15, -0.1) is 0 Å². The minimum Gasteiger partial charge on any atom is -0.328 e. The van der Waals surface area contributed by atoms with Crippen LogP contribution in [0.1, 0.15) is 25.8 Å². The van der Waals surface area contributed by atoms with Gasteiger partial charge in [0.1, 0.15) is 0 Å². The molecule has 18 heavy (non-hydrogen) atoms. The van der Waals surface area contributed by atoms with E-state index >= 15 is 0 Å². The van der Waals surface area contributed by atoms with Crippen LogP contribution in [0.3, 0.4) is 0 Å². The predicted molar refractivity (Wildman–Crippen MR) is 75.7 cm³/mol. The molecule has 0 aliphatic carbocycles. The first-order chi connectivity index (χ1) is 8.76. The lowest BCUT2D eigenvalue weighted by Gasteiger charge is -2.18. The Labute approximate surface area is 113 Å². The second-order valence-electron chi connectivity index (χ2n) is 4.37. The van der Waals surface area contributed by atoms with Crippen molar-refractivity contribution in [2.75, 3.05) is 6.54 Å². The molecule has 2 N–H and O–H groups in total. The van der Waals surface area contributed by atoms with Crippen LogP contribution in [0.2, 0.25) is 5.02 Å². The van der Waals surface area contributed by atoms with Crippen LogP contribution in [0.4, 0.5) is 0 Å². The second-order valence-corrected chi connectivity index (χ2v) is 4.81. The fourth-order valence-corrected chi connectivity index (χ4v) is 2.27. The summed E-state index contributed by atoms with van der Waals surface area (Å²) < 4.78 is 2.16. The Bertz CT molecular complexity index is 490. The van der Waals surface area contributed by atoms with E-state index in [0.717, 1.165) is 29.1 Å². The van der Waals surface area contributed by atoms with E-state index in [1.165, 1.54) is 0 Å². The maximum absolute atomic E-state index is 5.91. The molecule has 0 aliphatic rings. The number of benzene rings is 1. The fourth-order valence-electron chi connectivity index (χ4n) is 2.14. The van der Waals surface area contributed by atoms with Crippen molar-refractivity contribution in [2.24, 2.45) is 5.73 Å². The summed E-state index contributed by atoms with van der Waals surface area (Å²) in [6, 6.07) is 8.12. The first-order valence-corrected chi connectivity index (χ1v) is 6.62. The molecule has 4 heteroatoms. The average Bonchev–Trinajstić information content (AvgIpc) is 2.86. The van der Waals surface area contributed by atoms with Gasteiger partial charge in [0.25, 0.3) is 0 Å². The second kappa shape index (κ2) is 6.03. The van der Waals surface area contributed by atoms with Gasteiger partial charge in [-0.3, -0.25) is 0 Å². The van der Waals surface area contributed by atoms with Crippen molar-refractivity contribution in [3.8, 4) is 11.3 Å². The maximum Gasteiger partial charge on any atom is 0.0954 e. The topological polar surface area (TPSA) is 43.8 Å². The van der Waals surface area contributed by atoms with Gasteiger partial charge in [0.2, 0.25) is 0 Å². The Morgan fingerprint density at radius 2 is 2.06 bits per heavy atom. The van der Waals surface area contributed by atoms with E-state index in [2.05, 4.69) is 16.5 Å². The Hall–Kier alpha value is -1.32. The van der Waals surface area contributed by atoms with Crippen molar-refractivity contribution in [1.29, 1.82) is 0 Å². The summed E-state index contributed by atoms with van der Waals surface area (Å²) in [5.41, 5.74) is 8.06. The van der Waals surface area contributed by atoms with Gasteiger partial charge >= 0.3 is 0 Å². The summed E-state index contributed by atoms with van der Waals surface area (Å²) >= 11 is 5.91. The van der Waals surface area contributed by atoms with Gasteiger partial charge in [0.05, 0.1) is 18.2 Å². The molecule has 0 saturated carbocycles. The third-order valence-electron chi connectivity index (χ3n) is 3.09. The highest BCUT2D eigenvalue weighted by molar-refractivity contribution is 6.30. The lowest BCUT2D eigenvalue weighted by Crippen LogP contribution is -2.19. The van der Waals surface area contributed by atoms with Gasteiger partial charge in [0, 0.05) is 17.6 Å².